The molecule has 0 radical (unpaired) electrons. The Kier molecular flexibility index (Phi) is 11.5. The minimum atomic E-state index is 0. The van der Waals surface area contributed by atoms with E-state index in [2.05, 4.69) is 36.3 Å². The summed E-state index contributed by atoms with van der Waals surface area (Å²) in [7, 11) is 0. The topological polar surface area (TPSA) is 44.4 Å². The van der Waals surface area contributed by atoms with Gasteiger partial charge in [-0.15, -0.1) is 24.8 Å². The van der Waals surface area contributed by atoms with E-state index in [0.29, 0.717) is 17.9 Å². The normalized spacial score (nSPS) is 25.7. The van der Waals surface area contributed by atoms with Crippen molar-refractivity contribution in [2.45, 2.75) is 52.5 Å². The summed E-state index contributed by atoms with van der Waals surface area (Å²) in [6, 6.07) is 0.391. The van der Waals surface area contributed by atoms with Gasteiger partial charge in [0.1, 0.15) is 0 Å². The smallest absolute Gasteiger partial charge is 0.223 e. The highest BCUT2D eigenvalue weighted by molar-refractivity contribution is 5.85. The van der Waals surface area contributed by atoms with Gasteiger partial charge in [-0.05, 0) is 50.9 Å². The van der Waals surface area contributed by atoms with E-state index in [1.165, 1.54) is 19.3 Å². The Balaban J connectivity index is 0.00000242. The quantitative estimate of drug-likeness (QED) is 0.726. The molecule has 1 saturated carbocycles. The molecule has 0 spiro atoms. The molecular weight excluding hydrogens is 333 g/mol. The molecule has 2 aliphatic rings. The lowest BCUT2D eigenvalue weighted by Crippen LogP contribution is -2.53. The number of hydrogen-bond acceptors (Lipinski definition) is 3. The zero-order valence-electron chi connectivity index (χ0n) is 14.8. The molecule has 23 heavy (non-hydrogen) atoms. The summed E-state index contributed by atoms with van der Waals surface area (Å²) in [6.45, 7) is 11.9. The van der Waals surface area contributed by atoms with E-state index in [9.17, 15) is 4.79 Å². The number of rotatable bonds is 7. The van der Waals surface area contributed by atoms with E-state index in [1.807, 2.05) is 0 Å². The maximum Gasteiger partial charge on any atom is 0.223 e. The third kappa shape index (κ3) is 6.41. The lowest BCUT2D eigenvalue weighted by Gasteiger charge is -2.37. The molecule has 0 aromatic heterocycles. The van der Waals surface area contributed by atoms with Crippen molar-refractivity contribution in [3.63, 3.8) is 0 Å². The van der Waals surface area contributed by atoms with Crippen molar-refractivity contribution in [2.75, 3.05) is 32.7 Å². The number of carbonyl (C=O) groups excluding carboxylic acids is 1. The van der Waals surface area contributed by atoms with Crippen molar-refractivity contribution < 1.29 is 4.79 Å². The molecule has 0 bridgehead atoms. The molecule has 138 valence electrons. The molecule has 0 aromatic carbocycles. The van der Waals surface area contributed by atoms with Gasteiger partial charge in [0.15, 0.2) is 0 Å². The Morgan fingerprint density at radius 1 is 1.17 bits per heavy atom. The van der Waals surface area contributed by atoms with Crippen molar-refractivity contribution in [1.82, 2.24) is 15.5 Å². The van der Waals surface area contributed by atoms with E-state index in [1.54, 1.807) is 0 Å². The van der Waals surface area contributed by atoms with Gasteiger partial charge in [0.05, 0.1) is 0 Å². The van der Waals surface area contributed by atoms with Gasteiger partial charge in [-0.2, -0.15) is 0 Å². The van der Waals surface area contributed by atoms with Crippen LogP contribution in [0.5, 0.6) is 0 Å². The van der Waals surface area contributed by atoms with E-state index < -0.39 is 0 Å². The van der Waals surface area contributed by atoms with Crippen LogP contribution in [0.2, 0.25) is 0 Å². The third-order valence-corrected chi connectivity index (χ3v) is 5.56. The average Bonchev–Trinajstić information content (AvgIpc) is 2.44. The molecule has 1 amide bonds. The maximum atomic E-state index is 12.5. The van der Waals surface area contributed by atoms with Gasteiger partial charge in [-0.3, -0.25) is 4.79 Å². The SMILES string of the molecule is CCN(CC)CC1CCCCC1NC(=O)C(C)C1CNC1.Cl.Cl. The summed E-state index contributed by atoms with van der Waals surface area (Å²) in [6.07, 6.45) is 5.01. The highest BCUT2D eigenvalue weighted by Gasteiger charge is 2.32. The minimum absolute atomic E-state index is 0. The van der Waals surface area contributed by atoms with Gasteiger partial charge in [-0.25, -0.2) is 0 Å². The fraction of sp³-hybridized carbons (Fsp3) is 0.941. The van der Waals surface area contributed by atoms with Gasteiger partial charge >= 0.3 is 0 Å². The van der Waals surface area contributed by atoms with Crippen molar-refractivity contribution in [3.8, 4) is 0 Å². The van der Waals surface area contributed by atoms with Crippen molar-refractivity contribution in [3.05, 3.63) is 0 Å². The zero-order valence-corrected chi connectivity index (χ0v) is 16.5. The van der Waals surface area contributed by atoms with Crippen molar-refractivity contribution >= 4 is 30.7 Å². The van der Waals surface area contributed by atoms with Crippen LogP contribution in [-0.4, -0.2) is 49.6 Å². The first-order chi connectivity index (χ1) is 10.2. The zero-order chi connectivity index (χ0) is 15.2. The molecule has 1 aliphatic carbocycles. The first-order valence-corrected chi connectivity index (χ1v) is 8.89. The van der Waals surface area contributed by atoms with E-state index in [-0.39, 0.29) is 36.6 Å². The van der Waals surface area contributed by atoms with Crippen LogP contribution in [0.4, 0.5) is 0 Å². The maximum absolute atomic E-state index is 12.5. The summed E-state index contributed by atoms with van der Waals surface area (Å²) < 4.78 is 0. The van der Waals surface area contributed by atoms with Crippen molar-refractivity contribution in [2.24, 2.45) is 17.8 Å². The Hall–Kier alpha value is -0.0300. The number of amides is 1. The molecule has 6 heteroatoms. The number of nitrogens with one attached hydrogen (secondary N) is 2. The fourth-order valence-electron chi connectivity index (χ4n) is 3.62. The summed E-state index contributed by atoms with van der Waals surface area (Å²) in [5.74, 6) is 1.60. The second-order valence-corrected chi connectivity index (χ2v) is 6.85. The van der Waals surface area contributed by atoms with Gasteiger partial charge in [0.25, 0.3) is 0 Å². The van der Waals surface area contributed by atoms with Crippen LogP contribution < -0.4 is 10.6 Å². The van der Waals surface area contributed by atoms with Crippen LogP contribution in [0.15, 0.2) is 0 Å². The number of halogens is 2. The molecule has 1 heterocycles. The number of carbonyl (C=O) groups is 1. The van der Waals surface area contributed by atoms with Crippen LogP contribution in [0.25, 0.3) is 0 Å². The monoisotopic (exact) mass is 367 g/mol. The summed E-state index contributed by atoms with van der Waals surface area (Å²) in [5, 5.41) is 6.64. The van der Waals surface area contributed by atoms with E-state index in [4.69, 9.17) is 0 Å². The lowest BCUT2D eigenvalue weighted by atomic mass is 9.82. The van der Waals surface area contributed by atoms with Gasteiger partial charge < -0.3 is 15.5 Å². The van der Waals surface area contributed by atoms with Gasteiger partial charge in [-0.1, -0.05) is 33.6 Å². The first kappa shape index (κ1) is 23.0. The molecule has 3 atom stereocenters. The Bertz CT molecular complexity index is 336. The van der Waals surface area contributed by atoms with Crippen LogP contribution in [0.3, 0.4) is 0 Å². The highest BCUT2D eigenvalue weighted by Crippen LogP contribution is 2.26. The van der Waals surface area contributed by atoms with Crippen LogP contribution in [0.1, 0.15) is 46.5 Å². The lowest BCUT2D eigenvalue weighted by molar-refractivity contribution is -0.128. The molecule has 2 rings (SSSR count). The summed E-state index contributed by atoms with van der Waals surface area (Å²) >= 11 is 0. The van der Waals surface area contributed by atoms with Crippen molar-refractivity contribution in [1.29, 1.82) is 0 Å². The molecular formula is C17H35Cl2N3O. The minimum Gasteiger partial charge on any atom is -0.353 e. The predicted octanol–water partition coefficient (Wildman–Crippen LogP) is 2.70. The summed E-state index contributed by atoms with van der Waals surface area (Å²) in [5.41, 5.74) is 0. The Morgan fingerprint density at radius 3 is 2.30 bits per heavy atom. The summed E-state index contributed by atoms with van der Waals surface area (Å²) in [4.78, 5) is 15.0. The first-order valence-electron chi connectivity index (χ1n) is 8.89. The van der Waals surface area contributed by atoms with Gasteiger partial charge in [0, 0.05) is 18.5 Å². The number of hydrogen-bond donors (Lipinski definition) is 2. The van der Waals surface area contributed by atoms with Crippen LogP contribution in [-0.2, 0) is 4.79 Å². The second-order valence-electron chi connectivity index (χ2n) is 6.85. The molecule has 1 saturated heterocycles. The fourth-order valence-corrected chi connectivity index (χ4v) is 3.62. The van der Waals surface area contributed by atoms with E-state index >= 15 is 0 Å². The van der Waals surface area contributed by atoms with E-state index in [0.717, 1.165) is 39.1 Å². The number of nitrogens with zero attached hydrogens (tertiary/aromatic N) is 1. The molecule has 2 fully saturated rings. The molecule has 4 nitrogen and oxygen atoms in total. The van der Waals surface area contributed by atoms with Crippen LogP contribution >= 0.6 is 24.8 Å². The molecule has 1 aliphatic heterocycles. The highest BCUT2D eigenvalue weighted by atomic mass is 35.5. The Morgan fingerprint density at radius 2 is 1.78 bits per heavy atom. The Labute approximate surface area is 154 Å². The largest absolute Gasteiger partial charge is 0.353 e. The third-order valence-electron chi connectivity index (χ3n) is 5.56. The average molecular weight is 368 g/mol. The molecule has 2 N–H and O–H groups in total. The van der Waals surface area contributed by atoms with Gasteiger partial charge in [0.2, 0.25) is 5.91 Å². The standard InChI is InChI=1S/C17H33N3O.2ClH/c1-4-20(5-2)12-14-8-6-7-9-16(14)19-17(21)13(3)15-10-18-11-15;;/h13-16,18H,4-12H2,1-3H3,(H,19,21);2*1H. The molecule has 0 aromatic rings. The second kappa shape index (κ2) is 11.5. The van der Waals surface area contributed by atoms with Crippen LogP contribution in [0, 0.1) is 17.8 Å². The molecule has 3 unspecified atom stereocenters. The predicted molar refractivity (Wildman–Crippen MR) is 102 cm³/mol.